The van der Waals surface area contributed by atoms with Gasteiger partial charge in [0.15, 0.2) is 18.0 Å². The molecule has 0 amide bonds. The molecule has 0 saturated heterocycles. The Balaban J connectivity index is 0.00000342. The first kappa shape index (κ1) is 26.2. The molecule has 6 nitrogen and oxygen atoms in total. The molecule has 0 atom stereocenters. The van der Waals surface area contributed by atoms with Crippen molar-refractivity contribution < 1.29 is 31.4 Å². The molecule has 0 saturated carbocycles. The molecular weight excluding hydrogens is 464 g/mol. The first-order valence-corrected chi connectivity index (χ1v) is 11.4. The lowest BCUT2D eigenvalue weighted by Gasteiger charge is -2.22. The quantitative estimate of drug-likeness (QED) is 0.300. The molecule has 35 heavy (non-hydrogen) atoms. The van der Waals surface area contributed by atoms with E-state index in [0.717, 1.165) is 29.8 Å². The molecule has 4 rings (SSSR count). The molecule has 3 aromatic rings. The van der Waals surface area contributed by atoms with Crippen molar-refractivity contribution in [2.45, 2.75) is 39.2 Å². The standard InChI is InChI=1S/C28H31N2O4.ClH/c1-28(2,3)22-12-10-19(11-13-22)27-23-17-26(34-5)25(33-4)16-20(23)14-15-29(27)18-21-8-6-7-9-24(21)30(31)32;/h6-13,16-17H,14-15,18H2,1-5H3;1H/q+1;/p-1. The molecule has 1 aliphatic heterocycles. The van der Waals surface area contributed by atoms with Crippen molar-refractivity contribution in [3.63, 3.8) is 0 Å². The molecular formula is C28H31ClN2O4. The molecule has 0 N–H and O–H groups in total. The van der Waals surface area contributed by atoms with Crippen LogP contribution in [0.2, 0.25) is 0 Å². The average molecular weight is 495 g/mol. The van der Waals surface area contributed by atoms with Crippen LogP contribution < -0.4 is 21.9 Å². The number of methoxy groups -OCH3 is 2. The van der Waals surface area contributed by atoms with E-state index < -0.39 is 0 Å². The van der Waals surface area contributed by atoms with Crippen LogP contribution in [0.1, 0.15) is 48.6 Å². The fourth-order valence-electron chi connectivity index (χ4n) is 4.54. The highest BCUT2D eigenvalue weighted by molar-refractivity contribution is 6.11. The molecule has 1 heterocycles. The molecule has 7 heteroatoms. The van der Waals surface area contributed by atoms with Gasteiger partial charge in [-0.1, -0.05) is 45.0 Å². The van der Waals surface area contributed by atoms with Crippen molar-refractivity contribution in [2.75, 3.05) is 20.8 Å². The lowest BCUT2D eigenvalue weighted by atomic mass is 9.85. The predicted molar refractivity (Wildman–Crippen MR) is 134 cm³/mol. The van der Waals surface area contributed by atoms with Gasteiger partial charge >= 0.3 is 0 Å². The number of para-hydroxylation sites is 1. The zero-order chi connectivity index (χ0) is 24.5. The molecule has 1 aliphatic rings. The van der Waals surface area contributed by atoms with E-state index in [1.807, 2.05) is 24.3 Å². The molecule has 0 spiro atoms. The monoisotopic (exact) mass is 494 g/mol. The van der Waals surface area contributed by atoms with Crippen molar-refractivity contribution in [2.24, 2.45) is 0 Å². The molecule has 184 valence electrons. The molecule has 0 aliphatic carbocycles. The highest BCUT2D eigenvalue weighted by atomic mass is 35.5. The van der Waals surface area contributed by atoms with Gasteiger partial charge in [0.25, 0.3) is 5.69 Å². The van der Waals surface area contributed by atoms with Crippen LogP contribution in [0.5, 0.6) is 11.5 Å². The Morgan fingerprint density at radius 2 is 1.60 bits per heavy atom. The number of benzene rings is 3. The van der Waals surface area contributed by atoms with Crippen molar-refractivity contribution >= 4 is 11.4 Å². The van der Waals surface area contributed by atoms with E-state index in [2.05, 4.69) is 49.6 Å². The van der Waals surface area contributed by atoms with Crippen LogP contribution in [0, 0.1) is 10.1 Å². The van der Waals surface area contributed by atoms with Crippen molar-refractivity contribution in [3.05, 3.63) is 98.6 Å². The summed E-state index contributed by atoms with van der Waals surface area (Å²) in [6.07, 6.45) is 0.805. The third-order valence-corrected chi connectivity index (χ3v) is 6.41. The summed E-state index contributed by atoms with van der Waals surface area (Å²) in [6, 6.07) is 19.7. The van der Waals surface area contributed by atoms with Gasteiger partial charge in [0.05, 0.1) is 30.3 Å². The second-order valence-corrected chi connectivity index (χ2v) is 9.60. The highest BCUT2D eigenvalue weighted by Crippen LogP contribution is 2.34. The SMILES string of the molecule is COc1cc2c(cc1OC)C(c1ccc(C(C)(C)C)cc1)=[N+](Cc1ccccc1[N+](=O)[O-])CC2.[Cl-]. The van der Waals surface area contributed by atoms with Crippen LogP contribution in [0.3, 0.4) is 0 Å². The normalized spacial score (nSPS) is 13.1. The van der Waals surface area contributed by atoms with Gasteiger partial charge in [0, 0.05) is 18.1 Å². The van der Waals surface area contributed by atoms with Gasteiger partial charge in [-0.2, -0.15) is 0 Å². The summed E-state index contributed by atoms with van der Waals surface area (Å²) in [7, 11) is 3.28. The fourth-order valence-corrected chi connectivity index (χ4v) is 4.54. The van der Waals surface area contributed by atoms with Gasteiger partial charge in [0.1, 0.15) is 6.54 Å². The molecule has 0 radical (unpaired) electrons. The minimum Gasteiger partial charge on any atom is -1.00 e. The van der Waals surface area contributed by atoms with Crippen molar-refractivity contribution in [1.82, 2.24) is 0 Å². The summed E-state index contributed by atoms with van der Waals surface area (Å²) in [6.45, 7) is 7.78. The van der Waals surface area contributed by atoms with E-state index in [4.69, 9.17) is 9.47 Å². The number of nitro groups is 1. The maximum atomic E-state index is 11.6. The van der Waals surface area contributed by atoms with E-state index in [0.29, 0.717) is 23.6 Å². The number of fused-ring (bicyclic) bond motifs is 1. The van der Waals surface area contributed by atoms with E-state index in [9.17, 15) is 10.1 Å². The summed E-state index contributed by atoms with van der Waals surface area (Å²) >= 11 is 0. The summed E-state index contributed by atoms with van der Waals surface area (Å²) in [5.41, 5.74) is 6.49. The number of ether oxygens (including phenoxy) is 2. The Kier molecular flexibility index (Phi) is 7.86. The maximum Gasteiger partial charge on any atom is 0.278 e. The largest absolute Gasteiger partial charge is 1.00 e. The van der Waals surface area contributed by atoms with E-state index in [-0.39, 0.29) is 28.4 Å². The molecule has 0 unspecified atom stereocenters. The number of rotatable bonds is 6. The average Bonchev–Trinajstić information content (AvgIpc) is 2.82. The van der Waals surface area contributed by atoms with Crippen LogP contribution in [0.25, 0.3) is 0 Å². The molecule has 0 bridgehead atoms. The molecule has 0 fully saturated rings. The topological polar surface area (TPSA) is 64.6 Å². The van der Waals surface area contributed by atoms with E-state index in [1.165, 1.54) is 11.1 Å². The number of hydrogen-bond acceptors (Lipinski definition) is 4. The first-order chi connectivity index (χ1) is 16.2. The zero-order valence-corrected chi connectivity index (χ0v) is 21.6. The maximum absolute atomic E-state index is 11.6. The number of nitro benzene ring substituents is 1. The summed E-state index contributed by atoms with van der Waals surface area (Å²) < 4.78 is 13.4. The summed E-state index contributed by atoms with van der Waals surface area (Å²) in [4.78, 5) is 11.3. The van der Waals surface area contributed by atoms with E-state index in [1.54, 1.807) is 26.4 Å². The highest BCUT2D eigenvalue weighted by Gasteiger charge is 2.31. The Morgan fingerprint density at radius 3 is 2.20 bits per heavy atom. The van der Waals surface area contributed by atoms with Crippen molar-refractivity contribution in [3.8, 4) is 11.5 Å². The summed E-state index contributed by atoms with van der Waals surface area (Å²) in [5, 5.41) is 11.6. The predicted octanol–water partition coefficient (Wildman–Crippen LogP) is 2.52. The smallest absolute Gasteiger partial charge is 0.278 e. The Labute approximate surface area is 212 Å². The van der Waals surface area contributed by atoms with Crippen LogP contribution in [0.15, 0.2) is 60.7 Å². The number of halogens is 1. The van der Waals surface area contributed by atoms with Gasteiger partial charge in [-0.25, -0.2) is 4.58 Å². The lowest BCUT2D eigenvalue weighted by molar-refractivity contribution is -0.545. The Bertz CT molecular complexity index is 1260. The zero-order valence-electron chi connectivity index (χ0n) is 20.8. The minimum absolute atomic E-state index is 0. The third-order valence-electron chi connectivity index (χ3n) is 6.41. The van der Waals surface area contributed by atoms with Gasteiger partial charge in [-0.3, -0.25) is 10.1 Å². The van der Waals surface area contributed by atoms with Crippen LogP contribution in [0.4, 0.5) is 5.69 Å². The van der Waals surface area contributed by atoms with Gasteiger partial charge < -0.3 is 21.9 Å². The molecule has 0 aromatic heterocycles. The second-order valence-electron chi connectivity index (χ2n) is 9.60. The minimum atomic E-state index is -0.307. The fraction of sp³-hybridized carbons (Fsp3) is 0.321. The van der Waals surface area contributed by atoms with Gasteiger partial charge in [-0.15, -0.1) is 0 Å². The third kappa shape index (κ3) is 5.33. The second kappa shape index (κ2) is 10.5. The Morgan fingerprint density at radius 1 is 0.971 bits per heavy atom. The van der Waals surface area contributed by atoms with E-state index >= 15 is 0 Å². The van der Waals surface area contributed by atoms with Crippen LogP contribution in [-0.4, -0.2) is 36.0 Å². The van der Waals surface area contributed by atoms with Crippen LogP contribution in [-0.2, 0) is 18.4 Å². The lowest BCUT2D eigenvalue weighted by Crippen LogP contribution is -3.00. The van der Waals surface area contributed by atoms with Gasteiger partial charge in [0.2, 0.25) is 5.71 Å². The molecule has 3 aromatic carbocycles. The van der Waals surface area contributed by atoms with Gasteiger partial charge in [-0.05, 0) is 46.9 Å². The first-order valence-electron chi connectivity index (χ1n) is 11.4. The Hall–Kier alpha value is -3.38. The van der Waals surface area contributed by atoms with Crippen molar-refractivity contribution in [1.29, 1.82) is 0 Å². The van der Waals surface area contributed by atoms with Crippen LogP contribution >= 0.6 is 0 Å². The number of nitrogens with zero attached hydrogens (tertiary/aromatic N) is 2. The summed E-state index contributed by atoms with van der Waals surface area (Å²) in [5.74, 6) is 1.37. The number of hydrogen-bond donors (Lipinski definition) is 0.